The fraction of sp³-hybridized carbons (Fsp3) is 0.125. The summed E-state index contributed by atoms with van der Waals surface area (Å²) in [5.74, 6) is -1.06. The van der Waals surface area contributed by atoms with E-state index in [4.69, 9.17) is 17.3 Å². The van der Waals surface area contributed by atoms with E-state index in [0.717, 1.165) is 5.69 Å². The van der Waals surface area contributed by atoms with Crippen molar-refractivity contribution in [3.8, 4) is 11.3 Å². The van der Waals surface area contributed by atoms with Crippen molar-refractivity contribution in [3.63, 3.8) is 0 Å². The van der Waals surface area contributed by atoms with Gasteiger partial charge in [0.2, 0.25) is 0 Å². The molecule has 2 rings (SSSR count). The minimum absolute atomic E-state index is 0.0458. The van der Waals surface area contributed by atoms with Crippen molar-refractivity contribution < 1.29 is 9.90 Å². The average Bonchev–Trinajstić information content (AvgIpc) is 2.71. The molecule has 0 aliphatic heterocycles. The molecule has 0 aliphatic carbocycles. The molecule has 0 unspecified atom stereocenters. The monoisotopic (exact) mass is 224 g/mol. The first-order valence-electron chi connectivity index (χ1n) is 4.15. The number of carboxylic acid groups (broad SMARTS) is 1. The minimum atomic E-state index is -1.06. The maximum absolute atomic E-state index is 10.9. The van der Waals surface area contributed by atoms with E-state index >= 15 is 0 Å². The van der Waals surface area contributed by atoms with E-state index < -0.39 is 5.97 Å². The smallest absolute Gasteiger partial charge is 0.354 e. The highest BCUT2D eigenvalue weighted by Gasteiger charge is 2.16. The number of aromatic amines is 3. The van der Waals surface area contributed by atoms with Gasteiger partial charge in [-0.25, -0.2) is 4.79 Å². The summed E-state index contributed by atoms with van der Waals surface area (Å²) >= 11 is 4.85. The summed E-state index contributed by atoms with van der Waals surface area (Å²) in [5.41, 5.74) is 1.96. The largest absolute Gasteiger partial charge is 0.477 e. The molecule has 0 amide bonds. The average molecular weight is 224 g/mol. The number of aromatic nitrogens is 4. The van der Waals surface area contributed by atoms with Gasteiger partial charge >= 0.3 is 5.97 Å². The lowest BCUT2D eigenvalue weighted by atomic mass is 10.1. The van der Waals surface area contributed by atoms with Crippen molar-refractivity contribution in [1.29, 1.82) is 0 Å². The topological polar surface area (TPSA) is 97.6 Å². The second-order valence-electron chi connectivity index (χ2n) is 3.04. The minimum Gasteiger partial charge on any atom is -0.477 e. The van der Waals surface area contributed by atoms with E-state index in [2.05, 4.69) is 20.2 Å². The second-order valence-corrected chi connectivity index (χ2v) is 3.45. The van der Waals surface area contributed by atoms with Crippen LogP contribution in [0.3, 0.4) is 0 Å². The normalized spacial score (nSPS) is 10.5. The molecule has 0 saturated carbocycles. The Hall–Kier alpha value is -1.89. The molecule has 15 heavy (non-hydrogen) atoms. The van der Waals surface area contributed by atoms with Crippen LogP contribution in [0.1, 0.15) is 16.2 Å². The van der Waals surface area contributed by atoms with Crippen LogP contribution in [0.15, 0.2) is 6.20 Å². The van der Waals surface area contributed by atoms with Crippen molar-refractivity contribution in [2.24, 2.45) is 0 Å². The molecule has 2 heterocycles. The van der Waals surface area contributed by atoms with E-state index in [1.807, 2.05) is 0 Å². The predicted molar refractivity (Wildman–Crippen MR) is 55.3 cm³/mol. The van der Waals surface area contributed by atoms with Crippen LogP contribution in [0.5, 0.6) is 0 Å². The molecular weight excluding hydrogens is 216 g/mol. The lowest BCUT2D eigenvalue weighted by Crippen LogP contribution is -1.99. The maximum Gasteiger partial charge on any atom is 0.354 e. The third kappa shape index (κ3) is 1.57. The summed E-state index contributed by atoms with van der Waals surface area (Å²) in [5, 5.41) is 15.5. The van der Waals surface area contributed by atoms with E-state index in [1.54, 1.807) is 13.1 Å². The number of hydrogen-bond acceptors (Lipinski definition) is 3. The van der Waals surface area contributed by atoms with Gasteiger partial charge in [0.25, 0.3) is 0 Å². The summed E-state index contributed by atoms with van der Waals surface area (Å²) in [6.07, 6.45) is 1.55. The fourth-order valence-electron chi connectivity index (χ4n) is 1.35. The Morgan fingerprint density at radius 3 is 2.80 bits per heavy atom. The number of nitrogens with one attached hydrogen (secondary N) is 3. The molecule has 0 aromatic carbocycles. The molecule has 0 bridgehead atoms. The van der Waals surface area contributed by atoms with Crippen LogP contribution < -0.4 is 0 Å². The van der Waals surface area contributed by atoms with Crippen LogP contribution in [-0.4, -0.2) is 31.2 Å². The zero-order chi connectivity index (χ0) is 11.0. The predicted octanol–water partition coefficient (Wildman–Crippen LogP) is 1.47. The first kappa shape index (κ1) is 9.66. The molecule has 0 fully saturated rings. The number of H-pyrrole nitrogens is 3. The number of rotatable bonds is 2. The number of imidazole rings is 1. The Morgan fingerprint density at radius 2 is 2.27 bits per heavy atom. The van der Waals surface area contributed by atoms with Crippen LogP contribution in [-0.2, 0) is 0 Å². The van der Waals surface area contributed by atoms with Gasteiger partial charge in [-0.05, 0) is 19.1 Å². The standard InChI is InChI=1S/C8H8N4O2S/c1-3-4(2-9-12-3)5-6(7(13)14)11-8(15)10-5/h2H,1H3,(H,9,12)(H,13,14)(H2,10,11,15). The van der Waals surface area contributed by atoms with Gasteiger partial charge in [-0.2, -0.15) is 5.10 Å². The summed E-state index contributed by atoms with van der Waals surface area (Å²) in [6.45, 7) is 1.80. The Kier molecular flexibility index (Phi) is 2.16. The highest BCUT2D eigenvalue weighted by molar-refractivity contribution is 7.71. The Morgan fingerprint density at radius 1 is 1.53 bits per heavy atom. The van der Waals surface area contributed by atoms with E-state index in [-0.39, 0.29) is 10.5 Å². The summed E-state index contributed by atoms with van der Waals surface area (Å²) in [7, 11) is 0. The first-order chi connectivity index (χ1) is 7.09. The molecule has 0 aliphatic rings. The van der Waals surface area contributed by atoms with Crippen molar-refractivity contribution >= 4 is 18.2 Å². The molecule has 0 spiro atoms. The van der Waals surface area contributed by atoms with Crippen molar-refractivity contribution in [1.82, 2.24) is 20.2 Å². The third-order valence-electron chi connectivity index (χ3n) is 2.04. The molecule has 0 atom stereocenters. The van der Waals surface area contributed by atoms with Crippen LogP contribution >= 0.6 is 12.2 Å². The SMILES string of the molecule is Cc1[nH]ncc1-c1[nH]c(=S)[nH]c1C(=O)O. The Labute approximate surface area is 89.4 Å². The van der Waals surface area contributed by atoms with Crippen LogP contribution in [0.25, 0.3) is 11.3 Å². The van der Waals surface area contributed by atoms with Crippen molar-refractivity contribution in [3.05, 3.63) is 22.4 Å². The molecule has 2 aromatic heterocycles. The molecule has 6 nitrogen and oxygen atoms in total. The van der Waals surface area contributed by atoms with E-state index in [0.29, 0.717) is 11.3 Å². The summed E-state index contributed by atoms with van der Waals surface area (Å²) in [6, 6.07) is 0. The lowest BCUT2D eigenvalue weighted by Gasteiger charge is -1.96. The highest BCUT2D eigenvalue weighted by atomic mass is 32.1. The number of carbonyl (C=O) groups is 1. The lowest BCUT2D eigenvalue weighted by molar-refractivity contribution is 0.0692. The van der Waals surface area contributed by atoms with Gasteiger partial charge in [0.05, 0.1) is 11.9 Å². The van der Waals surface area contributed by atoms with Gasteiger partial charge in [-0.3, -0.25) is 5.10 Å². The molecule has 4 N–H and O–H groups in total. The van der Waals surface area contributed by atoms with Gasteiger partial charge < -0.3 is 15.1 Å². The van der Waals surface area contributed by atoms with E-state index in [9.17, 15) is 4.79 Å². The Balaban J connectivity index is 2.67. The highest BCUT2D eigenvalue weighted by Crippen LogP contribution is 2.22. The third-order valence-corrected chi connectivity index (χ3v) is 2.24. The van der Waals surface area contributed by atoms with Crippen LogP contribution in [0, 0.1) is 11.7 Å². The number of hydrogen-bond donors (Lipinski definition) is 4. The molecule has 2 aromatic rings. The summed E-state index contributed by atoms with van der Waals surface area (Å²) < 4.78 is 0.281. The number of aryl methyl sites for hydroxylation is 1. The first-order valence-corrected chi connectivity index (χ1v) is 4.56. The molecule has 7 heteroatoms. The molecule has 0 radical (unpaired) electrons. The number of aromatic carboxylic acids is 1. The van der Waals surface area contributed by atoms with E-state index in [1.165, 1.54) is 0 Å². The van der Waals surface area contributed by atoms with Gasteiger partial charge in [0.1, 0.15) is 0 Å². The number of nitrogens with zero attached hydrogens (tertiary/aromatic N) is 1. The van der Waals surface area contributed by atoms with Gasteiger partial charge in [-0.15, -0.1) is 0 Å². The summed E-state index contributed by atoms with van der Waals surface area (Å²) in [4.78, 5) is 16.3. The van der Waals surface area contributed by atoms with Crippen LogP contribution in [0.2, 0.25) is 0 Å². The van der Waals surface area contributed by atoms with Crippen LogP contribution in [0.4, 0.5) is 0 Å². The molecule has 0 saturated heterocycles. The maximum atomic E-state index is 10.9. The van der Waals surface area contributed by atoms with Crippen molar-refractivity contribution in [2.45, 2.75) is 6.92 Å². The molecular formula is C8H8N4O2S. The van der Waals surface area contributed by atoms with Gasteiger partial charge in [0, 0.05) is 11.3 Å². The number of carboxylic acids is 1. The molecule has 78 valence electrons. The second kappa shape index (κ2) is 3.35. The quantitative estimate of drug-likeness (QED) is 0.580. The zero-order valence-electron chi connectivity index (χ0n) is 7.79. The fourth-order valence-corrected chi connectivity index (χ4v) is 1.55. The van der Waals surface area contributed by atoms with Gasteiger partial charge in [-0.1, -0.05) is 0 Å². The van der Waals surface area contributed by atoms with Crippen molar-refractivity contribution in [2.75, 3.05) is 0 Å². The Bertz CT molecular complexity index is 565. The van der Waals surface area contributed by atoms with Gasteiger partial charge in [0.15, 0.2) is 10.5 Å². The zero-order valence-corrected chi connectivity index (χ0v) is 8.60.